The van der Waals surface area contributed by atoms with Crippen LogP contribution in [0.4, 0.5) is 8.78 Å². The molecule has 0 N–H and O–H groups in total. The molecule has 1 aliphatic rings. The van der Waals surface area contributed by atoms with Gasteiger partial charge in [-0.2, -0.15) is 5.26 Å². The van der Waals surface area contributed by atoms with Crippen LogP contribution in [0.5, 0.6) is 0 Å². The average molecular weight is 444 g/mol. The molecule has 170 valence electrons. The summed E-state index contributed by atoms with van der Waals surface area (Å²) in [5.41, 5.74) is 2.77. The first-order chi connectivity index (χ1) is 16.1. The van der Waals surface area contributed by atoms with Gasteiger partial charge in [-0.25, -0.2) is 8.78 Å². The number of benzene rings is 3. The van der Waals surface area contributed by atoms with Crippen molar-refractivity contribution >= 4 is 10.8 Å². The Morgan fingerprint density at radius 3 is 2.52 bits per heavy atom. The van der Waals surface area contributed by atoms with Crippen molar-refractivity contribution < 1.29 is 8.78 Å². The summed E-state index contributed by atoms with van der Waals surface area (Å²) in [4.78, 5) is 0. The van der Waals surface area contributed by atoms with Crippen LogP contribution < -0.4 is 0 Å². The van der Waals surface area contributed by atoms with Gasteiger partial charge in [0, 0.05) is 5.39 Å². The Morgan fingerprint density at radius 2 is 1.79 bits per heavy atom. The number of rotatable bonds is 7. The maximum Gasteiger partial charge on any atom is 0.141 e. The van der Waals surface area contributed by atoms with Crippen molar-refractivity contribution in [2.75, 3.05) is 0 Å². The fourth-order valence-electron chi connectivity index (χ4n) is 5.17. The molecule has 4 rings (SSSR count). The standard InChI is InChI=1S/C30H31F2N/c1-2-3-4-5-21-6-10-23(11-7-21)25-16-17-28-26(19-25)15-14-24(30(28)32)12-8-22-9-13-27(20-33)29(31)18-22/h2-3,9,13-19,21,23H,4-8,10-12H2,1H3/b3-2+. The van der Waals surface area contributed by atoms with E-state index < -0.39 is 5.82 Å². The lowest BCUT2D eigenvalue weighted by Gasteiger charge is -2.29. The summed E-state index contributed by atoms with van der Waals surface area (Å²) in [6.07, 6.45) is 12.9. The fraction of sp³-hybridized carbons (Fsp3) is 0.367. The normalized spacial score (nSPS) is 18.6. The molecular weight excluding hydrogens is 412 g/mol. The minimum absolute atomic E-state index is 0.0357. The number of halogens is 2. The van der Waals surface area contributed by atoms with Crippen LogP contribution in [0.3, 0.4) is 0 Å². The van der Waals surface area contributed by atoms with Gasteiger partial charge in [-0.1, -0.05) is 48.6 Å². The Labute approximate surface area is 195 Å². The highest BCUT2D eigenvalue weighted by Gasteiger charge is 2.22. The first kappa shape index (κ1) is 23.2. The Balaban J connectivity index is 1.42. The number of nitriles is 1. The Hall–Kier alpha value is -2.99. The molecule has 1 nitrogen and oxygen atoms in total. The predicted molar refractivity (Wildman–Crippen MR) is 131 cm³/mol. The van der Waals surface area contributed by atoms with Crippen molar-refractivity contribution in [1.29, 1.82) is 5.26 Å². The van der Waals surface area contributed by atoms with Crippen LogP contribution in [0.25, 0.3) is 10.8 Å². The second-order valence-electron chi connectivity index (χ2n) is 9.31. The van der Waals surface area contributed by atoms with Gasteiger partial charge >= 0.3 is 0 Å². The van der Waals surface area contributed by atoms with Gasteiger partial charge in [-0.3, -0.25) is 0 Å². The van der Waals surface area contributed by atoms with E-state index in [-0.39, 0.29) is 11.4 Å². The van der Waals surface area contributed by atoms with E-state index in [0.717, 1.165) is 16.9 Å². The number of aryl methyl sites for hydroxylation is 2. The van der Waals surface area contributed by atoms with Crippen LogP contribution in [0.1, 0.15) is 73.6 Å². The number of nitrogens with zero attached hydrogens (tertiary/aromatic N) is 1. The summed E-state index contributed by atoms with van der Waals surface area (Å²) in [5.74, 6) is 0.707. The smallest absolute Gasteiger partial charge is 0.141 e. The van der Waals surface area contributed by atoms with E-state index in [1.165, 1.54) is 56.2 Å². The van der Waals surface area contributed by atoms with Gasteiger partial charge in [0.1, 0.15) is 17.7 Å². The molecule has 1 fully saturated rings. The zero-order valence-electron chi connectivity index (χ0n) is 19.3. The van der Waals surface area contributed by atoms with Crippen molar-refractivity contribution in [1.82, 2.24) is 0 Å². The molecule has 1 saturated carbocycles. The van der Waals surface area contributed by atoms with E-state index in [4.69, 9.17) is 5.26 Å². The average Bonchev–Trinajstić information content (AvgIpc) is 2.84. The Bertz CT molecular complexity index is 1180. The topological polar surface area (TPSA) is 23.8 Å². The molecule has 0 unspecified atom stereocenters. The number of allylic oxidation sites excluding steroid dienone is 2. The van der Waals surface area contributed by atoms with Crippen LogP contribution in [-0.4, -0.2) is 0 Å². The van der Waals surface area contributed by atoms with Crippen molar-refractivity contribution in [3.8, 4) is 6.07 Å². The zero-order chi connectivity index (χ0) is 23.2. The lowest BCUT2D eigenvalue weighted by atomic mass is 9.77. The minimum atomic E-state index is -0.520. The molecule has 0 amide bonds. The predicted octanol–water partition coefficient (Wildman–Crippen LogP) is 8.40. The monoisotopic (exact) mass is 443 g/mol. The molecule has 0 bridgehead atoms. The van der Waals surface area contributed by atoms with Crippen LogP contribution in [-0.2, 0) is 12.8 Å². The SMILES string of the molecule is C/C=C/CCC1CCC(c2ccc3c(F)c(CCc4ccc(C#N)c(F)c4)ccc3c2)CC1. The first-order valence-electron chi connectivity index (χ1n) is 12.1. The highest BCUT2D eigenvalue weighted by molar-refractivity contribution is 5.84. The molecule has 3 aromatic rings. The van der Waals surface area contributed by atoms with E-state index >= 15 is 4.39 Å². The third-order valence-electron chi connectivity index (χ3n) is 7.19. The van der Waals surface area contributed by atoms with Gasteiger partial charge in [0.05, 0.1) is 5.56 Å². The number of hydrogen-bond donors (Lipinski definition) is 0. The summed E-state index contributed by atoms with van der Waals surface area (Å²) in [5, 5.41) is 10.5. The van der Waals surface area contributed by atoms with Gasteiger partial charge in [0.25, 0.3) is 0 Å². The molecule has 0 heterocycles. The molecule has 3 aromatic carbocycles. The second kappa shape index (κ2) is 10.8. The molecule has 0 aliphatic heterocycles. The molecular formula is C30H31F2N. The van der Waals surface area contributed by atoms with Crippen molar-refractivity contribution in [2.45, 2.75) is 64.2 Å². The van der Waals surface area contributed by atoms with Crippen LogP contribution in [0.2, 0.25) is 0 Å². The first-order valence-corrected chi connectivity index (χ1v) is 12.1. The number of fused-ring (bicyclic) bond motifs is 1. The van der Waals surface area contributed by atoms with Gasteiger partial charge in [0.15, 0.2) is 0 Å². The second-order valence-corrected chi connectivity index (χ2v) is 9.31. The van der Waals surface area contributed by atoms with Crippen LogP contribution in [0, 0.1) is 28.9 Å². The quantitative estimate of drug-likeness (QED) is 0.336. The molecule has 0 atom stereocenters. The van der Waals surface area contributed by atoms with E-state index in [9.17, 15) is 4.39 Å². The van der Waals surface area contributed by atoms with Gasteiger partial charge in [-0.15, -0.1) is 0 Å². The third kappa shape index (κ3) is 5.50. The lowest BCUT2D eigenvalue weighted by molar-refractivity contribution is 0.312. The summed E-state index contributed by atoms with van der Waals surface area (Å²) in [7, 11) is 0. The summed E-state index contributed by atoms with van der Waals surface area (Å²) in [6.45, 7) is 2.08. The van der Waals surface area contributed by atoms with Gasteiger partial charge in [-0.05, 0) is 104 Å². The van der Waals surface area contributed by atoms with Crippen molar-refractivity contribution in [3.05, 3.63) is 94.6 Å². The van der Waals surface area contributed by atoms with E-state index in [1.807, 2.05) is 24.3 Å². The maximum absolute atomic E-state index is 15.2. The zero-order valence-corrected chi connectivity index (χ0v) is 19.3. The van der Waals surface area contributed by atoms with Crippen molar-refractivity contribution in [3.63, 3.8) is 0 Å². The maximum atomic E-state index is 15.2. The minimum Gasteiger partial charge on any atom is -0.206 e. The molecule has 0 spiro atoms. The van der Waals surface area contributed by atoms with Crippen molar-refractivity contribution in [2.24, 2.45) is 5.92 Å². The molecule has 33 heavy (non-hydrogen) atoms. The van der Waals surface area contributed by atoms with Gasteiger partial charge < -0.3 is 0 Å². The highest BCUT2D eigenvalue weighted by Crippen LogP contribution is 2.38. The Kier molecular flexibility index (Phi) is 7.55. The molecule has 0 radical (unpaired) electrons. The van der Waals surface area contributed by atoms with Crippen LogP contribution in [0.15, 0.2) is 60.7 Å². The Morgan fingerprint density at radius 1 is 0.970 bits per heavy atom. The molecule has 3 heteroatoms. The molecule has 0 aromatic heterocycles. The van der Waals surface area contributed by atoms with E-state index in [2.05, 4.69) is 31.2 Å². The van der Waals surface area contributed by atoms with E-state index in [0.29, 0.717) is 29.7 Å². The number of hydrogen-bond acceptors (Lipinski definition) is 1. The molecule has 0 saturated heterocycles. The molecule has 1 aliphatic carbocycles. The summed E-state index contributed by atoms with van der Waals surface area (Å²) in [6, 6.07) is 16.5. The lowest BCUT2D eigenvalue weighted by Crippen LogP contribution is -2.13. The van der Waals surface area contributed by atoms with Gasteiger partial charge in [0.2, 0.25) is 0 Å². The van der Waals surface area contributed by atoms with Crippen LogP contribution >= 0.6 is 0 Å². The summed E-state index contributed by atoms with van der Waals surface area (Å²) < 4.78 is 29.1. The highest BCUT2D eigenvalue weighted by atomic mass is 19.1. The fourth-order valence-corrected chi connectivity index (χ4v) is 5.17. The largest absolute Gasteiger partial charge is 0.206 e. The summed E-state index contributed by atoms with van der Waals surface area (Å²) >= 11 is 0. The van der Waals surface area contributed by atoms with E-state index in [1.54, 1.807) is 6.07 Å². The third-order valence-corrected chi connectivity index (χ3v) is 7.19.